The highest BCUT2D eigenvalue weighted by atomic mass is 16.5. The molecular formula is C9H18N3O2+. The Balaban J connectivity index is 4.15. The van der Waals surface area contributed by atoms with E-state index in [1.165, 1.54) is 4.90 Å². The number of nitrogens with zero attached hydrogens (tertiary/aromatic N) is 2. The molecule has 0 heterocycles. The average molecular weight is 200 g/mol. The zero-order chi connectivity index (χ0) is 11.0. The van der Waals surface area contributed by atoms with Crippen LogP contribution in [-0.4, -0.2) is 56.2 Å². The van der Waals surface area contributed by atoms with Crippen LogP contribution in [0, 0.1) is 0 Å². The van der Waals surface area contributed by atoms with Gasteiger partial charge in [0.25, 0.3) is 5.91 Å². The highest BCUT2D eigenvalue weighted by Gasteiger charge is 2.10. The van der Waals surface area contributed by atoms with Crippen LogP contribution in [-0.2, 0) is 9.53 Å². The lowest BCUT2D eigenvalue weighted by atomic mass is 10.5. The van der Waals surface area contributed by atoms with Gasteiger partial charge in [-0.25, -0.2) is 4.58 Å². The number of amides is 1. The SMILES string of the molecule is C=C/[N+](=C\NC)CC(=O)N(C)COC. The fourth-order valence-electron chi connectivity index (χ4n) is 0.871. The predicted molar refractivity (Wildman–Crippen MR) is 55.1 cm³/mol. The molecule has 0 aliphatic rings. The Labute approximate surface area is 84.7 Å². The molecule has 1 N–H and O–H groups in total. The Bertz CT molecular complexity index is 226. The van der Waals surface area contributed by atoms with Crippen molar-refractivity contribution < 1.29 is 14.1 Å². The summed E-state index contributed by atoms with van der Waals surface area (Å²) in [5.41, 5.74) is 0. The van der Waals surface area contributed by atoms with Crippen molar-refractivity contribution in [1.29, 1.82) is 0 Å². The summed E-state index contributed by atoms with van der Waals surface area (Å²) < 4.78 is 6.50. The molecule has 0 bridgehead atoms. The van der Waals surface area contributed by atoms with Gasteiger partial charge >= 0.3 is 0 Å². The van der Waals surface area contributed by atoms with Gasteiger partial charge in [-0.15, -0.1) is 0 Å². The first-order valence-corrected chi connectivity index (χ1v) is 4.27. The molecule has 0 unspecified atom stereocenters. The standard InChI is InChI=1S/C9H17N3O2/c1-5-12(7-10-2)6-9(13)11(3)8-14-4/h5,7H,1,6,8H2,2-4H3/p+1. The van der Waals surface area contributed by atoms with E-state index in [9.17, 15) is 4.79 Å². The normalized spacial score (nSPS) is 10.9. The minimum atomic E-state index is -0.0294. The molecule has 14 heavy (non-hydrogen) atoms. The van der Waals surface area contributed by atoms with Crippen molar-refractivity contribution in [2.75, 3.05) is 34.5 Å². The molecule has 0 saturated carbocycles. The number of carbonyl (C=O) groups excluding carboxylic acids is 1. The van der Waals surface area contributed by atoms with E-state index in [0.717, 1.165) is 0 Å². The number of hydrogen-bond donors (Lipinski definition) is 1. The van der Waals surface area contributed by atoms with Gasteiger partial charge in [-0.05, 0) is 0 Å². The lowest BCUT2D eigenvalue weighted by Crippen LogP contribution is -2.35. The van der Waals surface area contributed by atoms with Crippen LogP contribution < -0.4 is 5.32 Å². The molecule has 0 aliphatic carbocycles. The molecule has 5 heteroatoms. The van der Waals surface area contributed by atoms with Crippen molar-refractivity contribution in [2.24, 2.45) is 0 Å². The minimum absolute atomic E-state index is 0.0294. The van der Waals surface area contributed by atoms with E-state index in [-0.39, 0.29) is 12.5 Å². The van der Waals surface area contributed by atoms with E-state index >= 15 is 0 Å². The smallest absolute Gasteiger partial charge is 0.266 e. The fourth-order valence-corrected chi connectivity index (χ4v) is 0.871. The van der Waals surface area contributed by atoms with Gasteiger partial charge in [0, 0.05) is 14.2 Å². The first-order chi connectivity index (χ1) is 6.65. The minimum Gasteiger partial charge on any atom is -0.364 e. The third-order valence-electron chi connectivity index (χ3n) is 1.60. The summed E-state index contributed by atoms with van der Waals surface area (Å²) in [4.78, 5) is 13.0. The van der Waals surface area contributed by atoms with Gasteiger partial charge in [0.05, 0.1) is 13.2 Å². The second-order valence-electron chi connectivity index (χ2n) is 2.78. The lowest BCUT2D eigenvalue weighted by Gasteiger charge is -2.14. The van der Waals surface area contributed by atoms with E-state index in [1.54, 1.807) is 38.3 Å². The maximum absolute atomic E-state index is 11.5. The lowest BCUT2D eigenvalue weighted by molar-refractivity contribution is -0.442. The molecule has 0 aromatic rings. The second-order valence-corrected chi connectivity index (χ2v) is 2.78. The van der Waals surface area contributed by atoms with Crippen LogP contribution >= 0.6 is 0 Å². The third kappa shape index (κ3) is 4.61. The summed E-state index contributed by atoms with van der Waals surface area (Å²) in [5.74, 6) is -0.0294. The molecule has 80 valence electrons. The topological polar surface area (TPSA) is 44.6 Å². The van der Waals surface area contributed by atoms with Gasteiger partial charge in [0.15, 0.2) is 6.54 Å². The summed E-state index contributed by atoms with van der Waals surface area (Å²) in [7, 11) is 5.00. The number of rotatable bonds is 6. The zero-order valence-corrected chi connectivity index (χ0v) is 8.99. The first kappa shape index (κ1) is 12.6. The molecule has 0 spiro atoms. The summed E-state index contributed by atoms with van der Waals surface area (Å²) in [6.07, 6.45) is 3.25. The molecule has 0 fully saturated rings. The van der Waals surface area contributed by atoms with E-state index in [1.807, 2.05) is 0 Å². The van der Waals surface area contributed by atoms with E-state index in [2.05, 4.69) is 11.9 Å². The molecule has 5 nitrogen and oxygen atoms in total. The predicted octanol–water partition coefficient (Wildman–Crippen LogP) is -0.548. The van der Waals surface area contributed by atoms with Crippen molar-refractivity contribution >= 4 is 12.2 Å². The molecule has 0 radical (unpaired) electrons. The quantitative estimate of drug-likeness (QED) is 0.271. The van der Waals surface area contributed by atoms with Crippen LogP contribution in [0.4, 0.5) is 0 Å². The van der Waals surface area contributed by atoms with Crippen LogP contribution in [0.15, 0.2) is 12.8 Å². The van der Waals surface area contributed by atoms with Crippen LogP contribution in [0.1, 0.15) is 0 Å². The summed E-state index contributed by atoms with van der Waals surface area (Å²) in [6, 6.07) is 0. The summed E-state index contributed by atoms with van der Waals surface area (Å²) in [5, 5.41) is 2.82. The molecule has 0 atom stereocenters. The fraction of sp³-hybridized carbons (Fsp3) is 0.556. The van der Waals surface area contributed by atoms with E-state index < -0.39 is 0 Å². The zero-order valence-electron chi connectivity index (χ0n) is 8.99. The van der Waals surface area contributed by atoms with Crippen LogP contribution in [0.3, 0.4) is 0 Å². The monoisotopic (exact) mass is 200 g/mol. The van der Waals surface area contributed by atoms with Gasteiger partial charge in [0.2, 0.25) is 6.34 Å². The molecule has 0 saturated heterocycles. The molecule has 0 aromatic heterocycles. The number of methoxy groups -OCH3 is 1. The van der Waals surface area contributed by atoms with Gasteiger partial charge in [-0.1, -0.05) is 6.58 Å². The highest BCUT2D eigenvalue weighted by Crippen LogP contribution is 1.86. The Kier molecular flexibility index (Phi) is 6.39. The Morgan fingerprint density at radius 1 is 1.71 bits per heavy atom. The van der Waals surface area contributed by atoms with Crippen molar-refractivity contribution in [2.45, 2.75) is 0 Å². The average Bonchev–Trinajstić information content (AvgIpc) is 2.17. The Morgan fingerprint density at radius 3 is 2.79 bits per heavy atom. The summed E-state index contributed by atoms with van der Waals surface area (Å²) in [6.45, 7) is 4.14. The van der Waals surface area contributed by atoms with Gasteiger partial charge in [-0.3, -0.25) is 10.1 Å². The number of likely N-dealkylation sites (N-methyl/N-ethyl adjacent to an activating group) is 1. The Hall–Kier alpha value is -1.36. The number of nitrogens with one attached hydrogen (secondary N) is 1. The van der Waals surface area contributed by atoms with Crippen molar-refractivity contribution in [3.63, 3.8) is 0 Å². The largest absolute Gasteiger partial charge is 0.364 e. The number of hydrogen-bond acceptors (Lipinski definition) is 2. The van der Waals surface area contributed by atoms with Crippen molar-refractivity contribution in [1.82, 2.24) is 10.2 Å². The highest BCUT2D eigenvalue weighted by molar-refractivity contribution is 5.77. The van der Waals surface area contributed by atoms with Crippen LogP contribution in [0.5, 0.6) is 0 Å². The third-order valence-corrected chi connectivity index (χ3v) is 1.60. The maximum Gasteiger partial charge on any atom is 0.266 e. The first-order valence-electron chi connectivity index (χ1n) is 4.27. The van der Waals surface area contributed by atoms with Crippen molar-refractivity contribution in [3.8, 4) is 0 Å². The summed E-state index contributed by atoms with van der Waals surface area (Å²) >= 11 is 0. The van der Waals surface area contributed by atoms with Gasteiger partial charge in [-0.2, -0.15) is 0 Å². The second kappa shape index (κ2) is 7.08. The van der Waals surface area contributed by atoms with Gasteiger partial charge < -0.3 is 9.64 Å². The van der Waals surface area contributed by atoms with Crippen LogP contribution in [0.25, 0.3) is 0 Å². The maximum atomic E-state index is 11.5. The van der Waals surface area contributed by atoms with E-state index in [4.69, 9.17) is 4.74 Å². The van der Waals surface area contributed by atoms with Crippen molar-refractivity contribution in [3.05, 3.63) is 12.8 Å². The van der Waals surface area contributed by atoms with Gasteiger partial charge in [0.1, 0.15) is 6.73 Å². The molecule has 1 amide bonds. The van der Waals surface area contributed by atoms with E-state index in [0.29, 0.717) is 6.73 Å². The Morgan fingerprint density at radius 2 is 2.36 bits per heavy atom. The molecule has 0 aliphatic heterocycles. The molecule has 0 aromatic carbocycles. The number of carbonyl (C=O) groups is 1. The number of ether oxygens (including phenoxy) is 1. The molecular weight excluding hydrogens is 182 g/mol. The molecule has 0 rings (SSSR count). The van der Waals surface area contributed by atoms with Crippen LogP contribution in [0.2, 0.25) is 0 Å².